The Kier molecular flexibility index (Phi) is 4.49. The number of hydrogen-bond donors (Lipinski definition) is 0. The van der Waals surface area contributed by atoms with Crippen LogP contribution >= 0.6 is 0 Å². The Labute approximate surface area is 135 Å². The summed E-state index contributed by atoms with van der Waals surface area (Å²) in [5, 5.41) is 0. The van der Waals surface area contributed by atoms with Gasteiger partial charge in [-0.25, -0.2) is 9.78 Å². The number of rotatable bonds is 4. The molecule has 2 aliphatic carbocycles. The Morgan fingerprint density at radius 2 is 1.32 bits per heavy atom. The summed E-state index contributed by atoms with van der Waals surface area (Å²) >= 11 is 0. The van der Waals surface area contributed by atoms with Crippen LogP contribution in [0.25, 0.3) is 0 Å². The SMILES string of the molecule is CC1C2CC(CC2(OOC(C)(C)C)OOC(C)(C)C)C1(C)C. The highest BCUT2D eigenvalue weighted by Gasteiger charge is 2.65. The van der Waals surface area contributed by atoms with Gasteiger partial charge in [-0.05, 0) is 65.2 Å². The maximum Gasteiger partial charge on any atom is 0.237 e. The van der Waals surface area contributed by atoms with E-state index >= 15 is 0 Å². The molecule has 22 heavy (non-hydrogen) atoms. The summed E-state index contributed by atoms with van der Waals surface area (Å²) in [7, 11) is 0. The minimum atomic E-state index is -0.792. The molecular weight excluding hydrogens is 280 g/mol. The van der Waals surface area contributed by atoms with Gasteiger partial charge in [-0.15, -0.1) is 0 Å². The van der Waals surface area contributed by atoms with Gasteiger partial charge >= 0.3 is 0 Å². The van der Waals surface area contributed by atoms with Gasteiger partial charge in [0.15, 0.2) is 0 Å². The Bertz CT molecular complexity index is 380. The first-order valence-corrected chi connectivity index (χ1v) is 8.50. The second-order valence-electron chi connectivity index (χ2n) is 9.72. The molecule has 0 amide bonds. The van der Waals surface area contributed by atoms with Crippen LogP contribution < -0.4 is 0 Å². The summed E-state index contributed by atoms with van der Waals surface area (Å²) < 4.78 is 0. The zero-order valence-corrected chi connectivity index (χ0v) is 15.8. The van der Waals surface area contributed by atoms with E-state index in [1.54, 1.807) is 0 Å². The summed E-state index contributed by atoms with van der Waals surface area (Å²) in [6.45, 7) is 18.9. The molecule has 3 atom stereocenters. The van der Waals surface area contributed by atoms with Crippen LogP contribution in [0.15, 0.2) is 0 Å². The smallest absolute Gasteiger partial charge is 0.228 e. The molecule has 0 radical (unpaired) electrons. The van der Waals surface area contributed by atoms with E-state index in [-0.39, 0.29) is 17.1 Å². The number of hydrogen-bond acceptors (Lipinski definition) is 4. The Balaban J connectivity index is 2.18. The topological polar surface area (TPSA) is 36.9 Å². The lowest BCUT2D eigenvalue weighted by Crippen LogP contribution is -2.50. The zero-order valence-electron chi connectivity index (χ0n) is 15.8. The molecule has 0 spiro atoms. The third-order valence-electron chi connectivity index (χ3n) is 5.33. The first-order valence-electron chi connectivity index (χ1n) is 8.50. The van der Waals surface area contributed by atoms with Gasteiger partial charge in [-0.2, -0.15) is 9.78 Å². The third-order valence-corrected chi connectivity index (χ3v) is 5.33. The predicted molar refractivity (Wildman–Crippen MR) is 85.7 cm³/mol. The Morgan fingerprint density at radius 3 is 1.64 bits per heavy atom. The average Bonchev–Trinajstić information content (AvgIpc) is 2.80. The summed E-state index contributed by atoms with van der Waals surface area (Å²) in [5.41, 5.74) is -0.443. The van der Waals surface area contributed by atoms with Crippen LogP contribution in [0.2, 0.25) is 0 Å². The summed E-state index contributed by atoms with van der Waals surface area (Å²) in [4.78, 5) is 23.1. The minimum Gasteiger partial charge on any atom is -0.228 e. The summed E-state index contributed by atoms with van der Waals surface area (Å²) in [5.74, 6) is 0.565. The van der Waals surface area contributed by atoms with Crippen molar-refractivity contribution >= 4 is 0 Å². The summed E-state index contributed by atoms with van der Waals surface area (Å²) in [6, 6.07) is 0. The lowest BCUT2D eigenvalue weighted by atomic mass is 9.67. The van der Waals surface area contributed by atoms with Crippen LogP contribution in [-0.2, 0) is 19.6 Å². The van der Waals surface area contributed by atoms with E-state index in [1.807, 2.05) is 41.5 Å². The minimum absolute atomic E-state index is 0.289. The monoisotopic (exact) mass is 314 g/mol. The standard InChI is InChI=1S/C18H34O4/c1-12-14-10-13(17(12,8)9)11-18(14,21-19-15(2,3)4)22-20-16(5,6)7/h12-14H,10-11H2,1-9H3. The molecule has 0 saturated heterocycles. The van der Waals surface area contributed by atoms with Gasteiger partial charge in [0.05, 0.1) is 11.2 Å². The number of fused-ring (bicyclic) bond motifs is 2. The highest BCUT2D eigenvalue weighted by molar-refractivity contribution is 5.07. The molecule has 0 N–H and O–H groups in total. The molecule has 0 aromatic carbocycles. The van der Waals surface area contributed by atoms with Crippen molar-refractivity contribution in [3.63, 3.8) is 0 Å². The second-order valence-corrected chi connectivity index (χ2v) is 9.72. The third kappa shape index (κ3) is 3.50. The fourth-order valence-electron chi connectivity index (χ4n) is 3.70. The van der Waals surface area contributed by atoms with Gasteiger partial charge in [-0.3, -0.25) is 0 Å². The molecule has 2 fully saturated rings. The quantitative estimate of drug-likeness (QED) is 0.421. The molecule has 3 unspecified atom stereocenters. The van der Waals surface area contributed by atoms with E-state index < -0.39 is 5.79 Å². The molecule has 2 bridgehead atoms. The maximum atomic E-state index is 5.90. The van der Waals surface area contributed by atoms with E-state index in [2.05, 4.69) is 20.8 Å². The zero-order chi connectivity index (χ0) is 17.0. The van der Waals surface area contributed by atoms with Gasteiger partial charge in [0.25, 0.3) is 0 Å². The Morgan fingerprint density at radius 1 is 0.864 bits per heavy atom. The molecule has 0 aromatic heterocycles. The lowest BCUT2D eigenvalue weighted by Gasteiger charge is -2.45. The lowest BCUT2D eigenvalue weighted by molar-refractivity contribution is -0.554. The first kappa shape index (κ1) is 18.2. The molecular formula is C18H34O4. The van der Waals surface area contributed by atoms with E-state index in [4.69, 9.17) is 19.6 Å². The van der Waals surface area contributed by atoms with Crippen molar-refractivity contribution in [1.29, 1.82) is 0 Å². The van der Waals surface area contributed by atoms with Crippen LogP contribution in [0.5, 0.6) is 0 Å². The van der Waals surface area contributed by atoms with Crippen molar-refractivity contribution < 1.29 is 19.6 Å². The molecule has 0 aromatic rings. The first-order chi connectivity index (χ1) is 9.77. The van der Waals surface area contributed by atoms with E-state index in [0.717, 1.165) is 12.8 Å². The molecule has 2 rings (SSSR count). The molecule has 4 heteroatoms. The van der Waals surface area contributed by atoms with Crippen molar-refractivity contribution in [3.05, 3.63) is 0 Å². The van der Waals surface area contributed by atoms with E-state index in [0.29, 0.717) is 17.3 Å². The van der Waals surface area contributed by atoms with Crippen LogP contribution in [0, 0.1) is 23.2 Å². The van der Waals surface area contributed by atoms with Crippen molar-refractivity contribution in [3.8, 4) is 0 Å². The van der Waals surface area contributed by atoms with Crippen molar-refractivity contribution in [1.82, 2.24) is 0 Å². The molecule has 0 aliphatic heterocycles. The van der Waals surface area contributed by atoms with Gasteiger partial charge in [-0.1, -0.05) is 20.8 Å². The normalized spacial score (nSPS) is 33.4. The van der Waals surface area contributed by atoms with Gasteiger partial charge < -0.3 is 0 Å². The van der Waals surface area contributed by atoms with E-state index in [9.17, 15) is 0 Å². The Hall–Kier alpha value is -0.160. The highest BCUT2D eigenvalue weighted by atomic mass is 17.3. The highest BCUT2D eigenvalue weighted by Crippen LogP contribution is 2.64. The second kappa shape index (κ2) is 5.44. The molecule has 4 nitrogen and oxygen atoms in total. The van der Waals surface area contributed by atoms with Crippen molar-refractivity contribution in [2.45, 2.75) is 92.1 Å². The summed E-state index contributed by atoms with van der Waals surface area (Å²) in [6.07, 6.45) is 1.93. The fraction of sp³-hybridized carbons (Fsp3) is 1.00. The maximum absolute atomic E-state index is 5.90. The molecule has 2 aliphatic rings. The van der Waals surface area contributed by atoms with Gasteiger partial charge in [0.2, 0.25) is 5.79 Å². The molecule has 2 saturated carbocycles. The van der Waals surface area contributed by atoms with Crippen molar-refractivity contribution in [2.75, 3.05) is 0 Å². The van der Waals surface area contributed by atoms with Crippen LogP contribution in [0.3, 0.4) is 0 Å². The van der Waals surface area contributed by atoms with E-state index in [1.165, 1.54) is 0 Å². The molecule has 130 valence electrons. The van der Waals surface area contributed by atoms with Crippen LogP contribution in [-0.4, -0.2) is 17.0 Å². The predicted octanol–water partition coefficient (Wildman–Crippen LogP) is 4.88. The average molecular weight is 314 g/mol. The molecule has 0 heterocycles. The largest absolute Gasteiger partial charge is 0.237 e. The van der Waals surface area contributed by atoms with Crippen LogP contribution in [0.1, 0.15) is 75.2 Å². The van der Waals surface area contributed by atoms with Crippen LogP contribution in [0.4, 0.5) is 0 Å². The van der Waals surface area contributed by atoms with Gasteiger partial charge in [0.1, 0.15) is 0 Å². The van der Waals surface area contributed by atoms with Gasteiger partial charge in [0, 0.05) is 12.3 Å². The fourth-order valence-corrected chi connectivity index (χ4v) is 3.70. The van der Waals surface area contributed by atoms with Crippen molar-refractivity contribution in [2.24, 2.45) is 23.2 Å².